The quantitative estimate of drug-likeness (QED) is 0.104. The van der Waals surface area contributed by atoms with Gasteiger partial charge in [-0.1, -0.05) is 6.92 Å². The molecule has 19 heteroatoms. The minimum atomic E-state index is -1.24. The Hall–Kier alpha value is -4.81. The third-order valence-corrected chi connectivity index (χ3v) is 6.21. The molecule has 0 radical (unpaired) electrons. The van der Waals surface area contributed by atoms with Gasteiger partial charge in [0, 0.05) is 42.3 Å². The number of amides is 8. The predicted octanol–water partition coefficient (Wildman–Crippen LogP) is -5.34. The van der Waals surface area contributed by atoms with Crippen LogP contribution in [0.5, 0.6) is 0 Å². The zero-order valence-corrected chi connectivity index (χ0v) is 26.9. The molecule has 0 aliphatic carbocycles. The van der Waals surface area contributed by atoms with E-state index in [2.05, 4.69) is 16.0 Å². The standard InChI is InChI=1S/C26H45N9O10/c1-8-27-9-20(38)32(4)14-24(42)34(6)16-22(40)30(2)12-18(36)28-10-21(39)33(5)15-25(43)35(7)17-23(41)31(3)13-19(37)29-11-26(44)45/h27H,8-17H2,1-7H3,(H,28,36)(H,29,37)(H,44,45). The van der Waals surface area contributed by atoms with Gasteiger partial charge in [0.1, 0.15) is 6.54 Å². The first kappa shape index (κ1) is 40.2. The number of likely N-dealkylation sites (N-methyl/N-ethyl adjacent to an activating group) is 7. The Bertz CT molecular complexity index is 1120. The minimum Gasteiger partial charge on any atom is -0.480 e. The summed E-state index contributed by atoms with van der Waals surface area (Å²) >= 11 is 0. The molecule has 0 rings (SSSR count). The molecule has 254 valence electrons. The van der Waals surface area contributed by atoms with E-state index in [1.165, 1.54) is 47.2 Å². The topological polar surface area (TPSA) is 229 Å². The van der Waals surface area contributed by atoms with E-state index < -0.39 is 86.6 Å². The van der Waals surface area contributed by atoms with E-state index in [-0.39, 0.29) is 25.5 Å². The van der Waals surface area contributed by atoms with Crippen LogP contribution in [0.2, 0.25) is 0 Å². The van der Waals surface area contributed by atoms with Crippen molar-refractivity contribution in [1.82, 2.24) is 45.3 Å². The van der Waals surface area contributed by atoms with Gasteiger partial charge in [0.15, 0.2) is 0 Å². The first-order chi connectivity index (χ1) is 20.9. The summed E-state index contributed by atoms with van der Waals surface area (Å²) in [6.07, 6.45) is 0. The van der Waals surface area contributed by atoms with Crippen LogP contribution in [-0.2, 0) is 43.2 Å². The molecule has 45 heavy (non-hydrogen) atoms. The zero-order chi connectivity index (χ0) is 34.9. The second-order valence-electron chi connectivity index (χ2n) is 10.2. The molecule has 0 heterocycles. The summed E-state index contributed by atoms with van der Waals surface area (Å²) in [5, 5.41) is 15.9. The normalized spacial score (nSPS) is 10.2. The molecule has 0 unspecified atom stereocenters. The summed E-state index contributed by atoms with van der Waals surface area (Å²) in [7, 11) is 8.14. The molecule has 0 aromatic heterocycles. The Balaban J connectivity index is 4.60. The minimum absolute atomic E-state index is 0.0769. The number of carboxylic acids is 1. The molecule has 0 saturated carbocycles. The maximum Gasteiger partial charge on any atom is 0.322 e. The first-order valence-electron chi connectivity index (χ1n) is 13.8. The number of hydrogen-bond acceptors (Lipinski definition) is 10. The fourth-order valence-corrected chi connectivity index (χ4v) is 3.22. The van der Waals surface area contributed by atoms with E-state index in [0.717, 1.165) is 24.5 Å². The second kappa shape index (κ2) is 20.2. The predicted molar refractivity (Wildman–Crippen MR) is 158 cm³/mol. The molecular formula is C26H45N9O10. The monoisotopic (exact) mass is 643 g/mol. The summed E-state index contributed by atoms with van der Waals surface area (Å²) in [5.74, 6) is -5.75. The van der Waals surface area contributed by atoms with Crippen LogP contribution in [0.4, 0.5) is 0 Å². The van der Waals surface area contributed by atoms with Crippen molar-refractivity contribution in [2.24, 2.45) is 0 Å². The molecule has 8 amide bonds. The van der Waals surface area contributed by atoms with Crippen LogP contribution in [0.25, 0.3) is 0 Å². The van der Waals surface area contributed by atoms with E-state index in [1.807, 2.05) is 6.92 Å². The number of hydrogen-bond donors (Lipinski definition) is 4. The maximum atomic E-state index is 12.5. The molecule has 0 aliphatic heterocycles. The summed E-state index contributed by atoms with van der Waals surface area (Å²) in [5.41, 5.74) is 0. The molecule has 0 fully saturated rings. The molecule has 0 spiro atoms. The van der Waals surface area contributed by atoms with Crippen LogP contribution in [0.1, 0.15) is 6.92 Å². The lowest BCUT2D eigenvalue weighted by atomic mass is 10.3. The molecule has 19 nitrogen and oxygen atoms in total. The highest BCUT2D eigenvalue weighted by atomic mass is 16.4. The number of carbonyl (C=O) groups is 9. The largest absolute Gasteiger partial charge is 0.480 e. The maximum absolute atomic E-state index is 12.5. The number of nitrogens with one attached hydrogen (secondary N) is 3. The Morgan fingerprint density at radius 3 is 1.07 bits per heavy atom. The Kier molecular flexibility index (Phi) is 18.0. The second-order valence-corrected chi connectivity index (χ2v) is 10.2. The molecule has 0 aromatic carbocycles. The van der Waals surface area contributed by atoms with Gasteiger partial charge >= 0.3 is 5.97 Å². The van der Waals surface area contributed by atoms with Crippen molar-refractivity contribution in [3.63, 3.8) is 0 Å². The summed E-state index contributed by atoms with van der Waals surface area (Å²) < 4.78 is 0. The average Bonchev–Trinajstić information content (AvgIpc) is 2.96. The van der Waals surface area contributed by atoms with Gasteiger partial charge in [0.05, 0.1) is 52.4 Å². The first-order valence-corrected chi connectivity index (χ1v) is 13.8. The lowest BCUT2D eigenvalue weighted by molar-refractivity contribution is -0.143. The SMILES string of the molecule is CCNCC(=O)N(C)CC(=O)N(C)CC(=O)N(C)CC(=O)NCC(=O)N(C)CC(=O)N(C)CC(=O)N(C)CC(=O)NCC(=O)O. The molecule has 0 saturated heterocycles. The fraction of sp³-hybridized carbons (Fsp3) is 0.654. The van der Waals surface area contributed by atoms with Crippen molar-refractivity contribution < 1.29 is 48.3 Å². The third kappa shape index (κ3) is 16.6. The summed E-state index contributed by atoms with van der Waals surface area (Å²) in [6, 6.07) is 0. The van der Waals surface area contributed by atoms with Gasteiger partial charge in [-0.15, -0.1) is 0 Å². The zero-order valence-electron chi connectivity index (χ0n) is 26.9. The van der Waals surface area contributed by atoms with Crippen LogP contribution >= 0.6 is 0 Å². The molecular weight excluding hydrogens is 598 g/mol. The van der Waals surface area contributed by atoms with Crippen molar-refractivity contribution in [3.8, 4) is 0 Å². The van der Waals surface area contributed by atoms with Crippen LogP contribution in [0.15, 0.2) is 0 Å². The number of rotatable bonds is 19. The van der Waals surface area contributed by atoms with E-state index in [4.69, 9.17) is 5.11 Å². The smallest absolute Gasteiger partial charge is 0.322 e. The number of aliphatic carboxylic acids is 1. The Labute approximate surface area is 261 Å². The highest BCUT2D eigenvalue weighted by Crippen LogP contribution is 1.96. The molecule has 0 aromatic rings. The molecule has 4 N–H and O–H groups in total. The third-order valence-electron chi connectivity index (χ3n) is 6.21. The Morgan fingerprint density at radius 2 is 0.733 bits per heavy atom. The number of carbonyl (C=O) groups excluding carboxylic acids is 8. The number of carboxylic acid groups (broad SMARTS) is 1. The summed E-state index contributed by atoms with van der Waals surface area (Å²) in [4.78, 5) is 115. The van der Waals surface area contributed by atoms with Gasteiger partial charge in [-0.25, -0.2) is 0 Å². The van der Waals surface area contributed by atoms with Gasteiger partial charge in [-0.05, 0) is 6.54 Å². The van der Waals surface area contributed by atoms with Crippen molar-refractivity contribution in [2.75, 3.05) is 108 Å². The van der Waals surface area contributed by atoms with E-state index >= 15 is 0 Å². The van der Waals surface area contributed by atoms with Gasteiger partial charge in [0.2, 0.25) is 47.3 Å². The van der Waals surface area contributed by atoms with E-state index in [9.17, 15) is 43.2 Å². The highest BCUT2D eigenvalue weighted by molar-refractivity contribution is 5.93. The van der Waals surface area contributed by atoms with Gasteiger partial charge in [-0.3, -0.25) is 43.2 Å². The molecule has 0 atom stereocenters. The van der Waals surface area contributed by atoms with Crippen molar-refractivity contribution >= 4 is 53.2 Å². The average molecular weight is 644 g/mol. The van der Waals surface area contributed by atoms with Gasteiger partial charge in [-0.2, -0.15) is 0 Å². The van der Waals surface area contributed by atoms with Crippen molar-refractivity contribution in [1.29, 1.82) is 0 Å². The van der Waals surface area contributed by atoms with E-state index in [1.54, 1.807) is 0 Å². The van der Waals surface area contributed by atoms with Crippen molar-refractivity contribution in [2.45, 2.75) is 6.92 Å². The van der Waals surface area contributed by atoms with Crippen LogP contribution in [0.3, 0.4) is 0 Å². The fourth-order valence-electron chi connectivity index (χ4n) is 3.22. The highest BCUT2D eigenvalue weighted by Gasteiger charge is 2.23. The van der Waals surface area contributed by atoms with E-state index in [0.29, 0.717) is 6.54 Å². The number of nitrogens with zero attached hydrogens (tertiary/aromatic N) is 6. The van der Waals surface area contributed by atoms with Crippen LogP contribution < -0.4 is 16.0 Å². The molecule has 0 aliphatic rings. The summed E-state index contributed by atoms with van der Waals surface area (Å²) in [6.45, 7) is -0.801. The van der Waals surface area contributed by atoms with Crippen LogP contribution in [0, 0.1) is 0 Å². The Morgan fingerprint density at radius 1 is 0.444 bits per heavy atom. The lowest BCUT2D eigenvalue weighted by Crippen LogP contribution is -2.48. The van der Waals surface area contributed by atoms with Crippen LogP contribution in [-0.4, -0.2) is 195 Å². The van der Waals surface area contributed by atoms with Gasteiger partial charge in [0.25, 0.3) is 0 Å². The lowest BCUT2D eigenvalue weighted by Gasteiger charge is -2.25. The van der Waals surface area contributed by atoms with Gasteiger partial charge < -0.3 is 50.5 Å². The molecule has 0 bridgehead atoms. The van der Waals surface area contributed by atoms with Crippen molar-refractivity contribution in [3.05, 3.63) is 0 Å².